The normalized spacial score (nSPS) is 11.1. The highest BCUT2D eigenvalue weighted by molar-refractivity contribution is 6.04. The van der Waals surface area contributed by atoms with Crippen LogP contribution in [0, 0.1) is 6.92 Å². The lowest BCUT2D eigenvalue weighted by Crippen LogP contribution is -2.24. The van der Waals surface area contributed by atoms with Crippen LogP contribution in [0.3, 0.4) is 0 Å². The Bertz CT molecular complexity index is 1520. The fourth-order valence-corrected chi connectivity index (χ4v) is 3.94. The zero-order chi connectivity index (χ0) is 27.2. The van der Waals surface area contributed by atoms with Crippen LogP contribution in [0.2, 0.25) is 0 Å². The minimum absolute atomic E-state index is 0.226. The Morgan fingerprint density at radius 2 is 1.95 bits per heavy atom. The lowest BCUT2D eigenvalue weighted by atomic mass is 10.1. The lowest BCUT2D eigenvalue weighted by Gasteiger charge is -2.11. The first-order valence-electron chi connectivity index (χ1n) is 11.9. The number of aromatic nitrogens is 5. The predicted molar refractivity (Wildman–Crippen MR) is 141 cm³/mol. The Balaban J connectivity index is 1.63. The molecule has 12 nitrogen and oxygen atoms in total. The number of amides is 3. The molecule has 0 aliphatic rings. The van der Waals surface area contributed by atoms with Crippen LogP contribution in [0.1, 0.15) is 44.0 Å². The standard InChI is InChI=1S/C26H28N8O4/c1-4-34-20(13-16(2)32-34)25(37)31-26-30-19-14-17(23(27)35)15-21(38-3)22(19)33(26)12-8-7-11-29-24(36)18-9-5-6-10-28-18/h5-10,13-15H,4,11-12H2,1-3H3,(H2,27,35)(H,29,36)(H,30,31,37)/b8-7+. The number of imidazole rings is 1. The monoisotopic (exact) mass is 516 g/mol. The average molecular weight is 517 g/mol. The summed E-state index contributed by atoms with van der Waals surface area (Å²) in [7, 11) is 1.47. The minimum Gasteiger partial charge on any atom is -0.494 e. The molecular weight excluding hydrogens is 488 g/mol. The summed E-state index contributed by atoms with van der Waals surface area (Å²) in [6.07, 6.45) is 5.14. The van der Waals surface area contributed by atoms with Crippen LogP contribution in [0.25, 0.3) is 11.0 Å². The predicted octanol–water partition coefficient (Wildman–Crippen LogP) is 2.30. The molecule has 0 aliphatic carbocycles. The molecule has 12 heteroatoms. The van der Waals surface area contributed by atoms with Crippen LogP contribution < -0.4 is 21.1 Å². The third-order valence-corrected chi connectivity index (χ3v) is 5.70. The molecule has 0 saturated carbocycles. The summed E-state index contributed by atoms with van der Waals surface area (Å²) in [4.78, 5) is 45.8. The van der Waals surface area contributed by atoms with Gasteiger partial charge < -0.3 is 20.4 Å². The number of primary amides is 1. The maximum Gasteiger partial charge on any atom is 0.276 e. The number of anilines is 1. The van der Waals surface area contributed by atoms with Crippen molar-refractivity contribution in [3.63, 3.8) is 0 Å². The zero-order valence-corrected chi connectivity index (χ0v) is 21.3. The quantitative estimate of drug-likeness (QED) is 0.273. The van der Waals surface area contributed by atoms with Gasteiger partial charge in [-0.2, -0.15) is 5.10 Å². The number of fused-ring (bicyclic) bond motifs is 1. The maximum absolute atomic E-state index is 13.1. The highest BCUT2D eigenvalue weighted by atomic mass is 16.5. The number of carbonyl (C=O) groups is 3. The number of carbonyl (C=O) groups excluding carboxylic acids is 3. The SMILES string of the molecule is CCn1nc(C)cc1C(=O)Nc1nc2cc(C(N)=O)cc(OC)c2n1C/C=C/CNC(=O)c1ccccn1. The van der Waals surface area contributed by atoms with Crippen molar-refractivity contribution < 1.29 is 19.1 Å². The second-order valence-corrected chi connectivity index (χ2v) is 8.29. The number of allylic oxidation sites excluding steroid dienone is 1. The van der Waals surface area contributed by atoms with E-state index in [9.17, 15) is 14.4 Å². The van der Waals surface area contributed by atoms with Crippen molar-refractivity contribution in [3.05, 3.63) is 77.4 Å². The van der Waals surface area contributed by atoms with E-state index in [4.69, 9.17) is 10.5 Å². The number of hydrogen-bond donors (Lipinski definition) is 3. The van der Waals surface area contributed by atoms with E-state index in [1.807, 2.05) is 19.9 Å². The number of benzene rings is 1. The molecule has 0 saturated heterocycles. The molecule has 0 bridgehead atoms. The Labute approximate surface area is 218 Å². The number of aryl methyl sites for hydroxylation is 2. The van der Waals surface area contributed by atoms with Crippen LogP contribution in [0.5, 0.6) is 5.75 Å². The van der Waals surface area contributed by atoms with E-state index in [0.717, 1.165) is 0 Å². The highest BCUT2D eigenvalue weighted by Crippen LogP contribution is 2.31. The number of nitrogens with two attached hydrogens (primary N) is 1. The van der Waals surface area contributed by atoms with Gasteiger partial charge in [0.25, 0.3) is 11.8 Å². The van der Waals surface area contributed by atoms with Crippen molar-refractivity contribution in [3.8, 4) is 5.75 Å². The molecule has 0 radical (unpaired) electrons. The molecule has 0 fully saturated rings. The van der Waals surface area contributed by atoms with Crippen LogP contribution in [-0.4, -0.2) is 55.7 Å². The van der Waals surface area contributed by atoms with Gasteiger partial charge in [0.05, 0.1) is 18.3 Å². The highest BCUT2D eigenvalue weighted by Gasteiger charge is 2.21. The number of methoxy groups -OCH3 is 1. The summed E-state index contributed by atoms with van der Waals surface area (Å²) >= 11 is 0. The molecule has 0 atom stereocenters. The van der Waals surface area contributed by atoms with Crippen LogP contribution in [0.15, 0.2) is 54.7 Å². The first-order chi connectivity index (χ1) is 18.3. The van der Waals surface area contributed by atoms with E-state index in [-0.39, 0.29) is 36.4 Å². The molecule has 196 valence electrons. The number of ether oxygens (including phenoxy) is 1. The average Bonchev–Trinajstić information content (AvgIpc) is 3.47. The lowest BCUT2D eigenvalue weighted by molar-refractivity contribution is 0.0951. The van der Waals surface area contributed by atoms with Gasteiger partial charge in [0.1, 0.15) is 22.7 Å². The van der Waals surface area contributed by atoms with Gasteiger partial charge in [-0.3, -0.25) is 29.4 Å². The Morgan fingerprint density at radius 3 is 2.63 bits per heavy atom. The van der Waals surface area contributed by atoms with E-state index in [1.54, 1.807) is 51.9 Å². The summed E-state index contributed by atoms with van der Waals surface area (Å²) < 4.78 is 8.87. The molecule has 1 aromatic carbocycles. The van der Waals surface area contributed by atoms with Crippen molar-refractivity contribution in [2.45, 2.75) is 26.9 Å². The molecule has 0 spiro atoms. The van der Waals surface area contributed by atoms with Gasteiger partial charge in [-0.1, -0.05) is 18.2 Å². The van der Waals surface area contributed by atoms with Crippen molar-refractivity contribution in [2.75, 3.05) is 19.0 Å². The van der Waals surface area contributed by atoms with E-state index < -0.39 is 5.91 Å². The van der Waals surface area contributed by atoms with Crippen molar-refractivity contribution in [1.29, 1.82) is 0 Å². The molecule has 4 rings (SSSR count). The summed E-state index contributed by atoms with van der Waals surface area (Å²) in [6.45, 7) is 4.78. The second kappa shape index (κ2) is 11.4. The fourth-order valence-electron chi connectivity index (χ4n) is 3.94. The molecule has 0 unspecified atom stereocenters. The van der Waals surface area contributed by atoms with Gasteiger partial charge in [-0.05, 0) is 44.2 Å². The molecule has 3 heterocycles. The Hall–Kier alpha value is -5.00. The molecule has 3 aromatic heterocycles. The third-order valence-electron chi connectivity index (χ3n) is 5.70. The van der Waals surface area contributed by atoms with E-state index in [0.29, 0.717) is 40.4 Å². The zero-order valence-electron chi connectivity index (χ0n) is 21.3. The summed E-state index contributed by atoms with van der Waals surface area (Å²) in [5, 5.41) is 9.96. The van der Waals surface area contributed by atoms with Crippen molar-refractivity contribution >= 4 is 34.7 Å². The van der Waals surface area contributed by atoms with Gasteiger partial charge in [0.15, 0.2) is 0 Å². The molecule has 4 aromatic rings. The van der Waals surface area contributed by atoms with Gasteiger partial charge in [0, 0.05) is 31.4 Å². The number of nitrogens with one attached hydrogen (secondary N) is 2. The fraction of sp³-hybridized carbons (Fsp3) is 0.231. The first kappa shape index (κ1) is 26.1. The van der Waals surface area contributed by atoms with E-state index in [2.05, 4.69) is 25.7 Å². The third kappa shape index (κ3) is 5.53. The topological polar surface area (TPSA) is 159 Å². The van der Waals surface area contributed by atoms with Gasteiger partial charge >= 0.3 is 0 Å². The smallest absolute Gasteiger partial charge is 0.276 e. The second-order valence-electron chi connectivity index (χ2n) is 8.29. The minimum atomic E-state index is -0.629. The number of rotatable bonds is 10. The molecule has 38 heavy (non-hydrogen) atoms. The van der Waals surface area contributed by atoms with E-state index >= 15 is 0 Å². The van der Waals surface area contributed by atoms with Crippen LogP contribution in [0.4, 0.5) is 5.95 Å². The molecule has 0 aliphatic heterocycles. The molecular formula is C26H28N8O4. The van der Waals surface area contributed by atoms with Gasteiger partial charge in [0.2, 0.25) is 11.9 Å². The van der Waals surface area contributed by atoms with Gasteiger partial charge in [-0.15, -0.1) is 0 Å². The number of hydrogen-bond acceptors (Lipinski definition) is 7. The summed E-state index contributed by atoms with van der Waals surface area (Å²) in [5.41, 5.74) is 8.13. The Morgan fingerprint density at radius 1 is 1.13 bits per heavy atom. The largest absolute Gasteiger partial charge is 0.494 e. The van der Waals surface area contributed by atoms with E-state index in [1.165, 1.54) is 13.2 Å². The van der Waals surface area contributed by atoms with Crippen LogP contribution >= 0.6 is 0 Å². The summed E-state index contributed by atoms with van der Waals surface area (Å²) in [6, 6.07) is 9.88. The maximum atomic E-state index is 13.1. The molecule has 3 amide bonds. The summed E-state index contributed by atoms with van der Waals surface area (Å²) in [5.74, 6) is -0.690. The Kier molecular flexibility index (Phi) is 7.80. The molecule has 4 N–H and O–H groups in total. The van der Waals surface area contributed by atoms with Gasteiger partial charge in [-0.25, -0.2) is 4.98 Å². The first-order valence-corrected chi connectivity index (χ1v) is 11.9. The number of pyridine rings is 1. The number of nitrogens with zero attached hydrogens (tertiary/aromatic N) is 5. The van der Waals surface area contributed by atoms with Crippen molar-refractivity contribution in [2.24, 2.45) is 5.73 Å². The van der Waals surface area contributed by atoms with Crippen molar-refractivity contribution in [1.82, 2.24) is 29.6 Å². The van der Waals surface area contributed by atoms with Crippen LogP contribution in [-0.2, 0) is 13.1 Å².